The Morgan fingerprint density at radius 1 is 1.06 bits per heavy atom. The van der Waals surface area contributed by atoms with E-state index in [1.165, 1.54) is 16.5 Å². The minimum absolute atomic E-state index is 0.815. The lowest BCUT2D eigenvalue weighted by Gasteiger charge is -2.21. The van der Waals surface area contributed by atoms with Crippen LogP contribution in [0.2, 0.25) is 0 Å². The van der Waals surface area contributed by atoms with E-state index in [2.05, 4.69) is 54.4 Å². The molecule has 0 bridgehead atoms. The summed E-state index contributed by atoms with van der Waals surface area (Å²) in [6.45, 7) is 1.83. The lowest BCUT2D eigenvalue weighted by molar-refractivity contribution is 0.196. The van der Waals surface area contributed by atoms with Crippen molar-refractivity contribution in [3.63, 3.8) is 0 Å². The number of hydrogen-bond donors (Lipinski definition) is 0. The minimum atomic E-state index is 0.815. The molecule has 2 heteroatoms. The molecule has 0 radical (unpaired) electrons. The first kappa shape index (κ1) is 11.9. The van der Waals surface area contributed by atoms with E-state index in [4.69, 9.17) is 4.74 Å². The van der Waals surface area contributed by atoms with Crippen LogP contribution in [0.3, 0.4) is 0 Å². The standard InChI is InChI=1S/C15H19NO/c1-16(11-6-12-17-2)15-10-5-8-13-7-3-4-9-14(13)15/h3-5,7-10H,6,11-12H2,1-2H3. The first-order chi connectivity index (χ1) is 8.33. The van der Waals surface area contributed by atoms with Gasteiger partial charge in [0.2, 0.25) is 0 Å². The lowest BCUT2D eigenvalue weighted by Crippen LogP contribution is -2.19. The highest BCUT2D eigenvalue weighted by molar-refractivity contribution is 5.94. The monoisotopic (exact) mass is 229 g/mol. The largest absolute Gasteiger partial charge is 0.385 e. The maximum Gasteiger partial charge on any atom is 0.0479 e. The fourth-order valence-corrected chi connectivity index (χ4v) is 2.11. The number of methoxy groups -OCH3 is 1. The quantitative estimate of drug-likeness (QED) is 0.729. The Bertz CT molecular complexity index is 476. The second-order valence-corrected chi connectivity index (χ2v) is 4.27. The Hall–Kier alpha value is -1.54. The summed E-state index contributed by atoms with van der Waals surface area (Å²) in [7, 11) is 3.88. The van der Waals surface area contributed by atoms with E-state index >= 15 is 0 Å². The van der Waals surface area contributed by atoms with Gasteiger partial charge in [-0.1, -0.05) is 36.4 Å². The van der Waals surface area contributed by atoms with Crippen LogP contribution in [0.4, 0.5) is 5.69 Å². The molecule has 0 amide bonds. The number of benzene rings is 2. The number of rotatable bonds is 5. The van der Waals surface area contributed by atoms with Crippen LogP contribution < -0.4 is 4.90 Å². The van der Waals surface area contributed by atoms with E-state index in [9.17, 15) is 0 Å². The second-order valence-electron chi connectivity index (χ2n) is 4.27. The first-order valence-corrected chi connectivity index (χ1v) is 6.01. The number of fused-ring (bicyclic) bond motifs is 1. The third-order valence-corrected chi connectivity index (χ3v) is 3.02. The molecule has 0 heterocycles. The zero-order chi connectivity index (χ0) is 12.1. The molecule has 2 rings (SSSR count). The molecule has 0 aliphatic heterocycles. The van der Waals surface area contributed by atoms with Crippen LogP contribution in [-0.2, 0) is 4.74 Å². The maximum absolute atomic E-state index is 5.09. The van der Waals surface area contributed by atoms with Gasteiger partial charge in [0.15, 0.2) is 0 Å². The Kier molecular flexibility index (Phi) is 3.99. The Morgan fingerprint density at radius 2 is 1.82 bits per heavy atom. The summed E-state index contributed by atoms with van der Waals surface area (Å²) in [6.07, 6.45) is 1.05. The predicted molar refractivity (Wildman–Crippen MR) is 73.7 cm³/mol. The van der Waals surface area contributed by atoms with Crippen molar-refractivity contribution >= 4 is 16.5 Å². The molecule has 0 saturated heterocycles. The SMILES string of the molecule is COCCCN(C)c1cccc2ccccc12. The highest BCUT2D eigenvalue weighted by Crippen LogP contribution is 2.25. The first-order valence-electron chi connectivity index (χ1n) is 6.01. The van der Waals surface area contributed by atoms with Crippen LogP contribution in [0, 0.1) is 0 Å². The van der Waals surface area contributed by atoms with Crippen LogP contribution in [0.15, 0.2) is 42.5 Å². The van der Waals surface area contributed by atoms with E-state index in [0.29, 0.717) is 0 Å². The Balaban J connectivity index is 2.22. The van der Waals surface area contributed by atoms with Gasteiger partial charge in [0.1, 0.15) is 0 Å². The van der Waals surface area contributed by atoms with Crippen molar-refractivity contribution in [2.45, 2.75) is 6.42 Å². The summed E-state index contributed by atoms with van der Waals surface area (Å²) in [5.74, 6) is 0. The molecule has 0 aliphatic carbocycles. The fourth-order valence-electron chi connectivity index (χ4n) is 2.11. The summed E-state index contributed by atoms with van der Waals surface area (Å²) in [4.78, 5) is 2.29. The smallest absolute Gasteiger partial charge is 0.0479 e. The molecular weight excluding hydrogens is 210 g/mol. The van der Waals surface area contributed by atoms with Gasteiger partial charge in [-0.2, -0.15) is 0 Å². The molecule has 0 saturated carbocycles. The van der Waals surface area contributed by atoms with Crippen molar-refractivity contribution in [1.29, 1.82) is 0 Å². The molecule has 2 aromatic rings. The van der Waals surface area contributed by atoms with E-state index < -0.39 is 0 Å². The molecule has 0 fully saturated rings. The molecule has 0 aliphatic rings. The average Bonchev–Trinajstić information content (AvgIpc) is 2.38. The van der Waals surface area contributed by atoms with E-state index in [-0.39, 0.29) is 0 Å². The van der Waals surface area contributed by atoms with Crippen molar-refractivity contribution in [3.05, 3.63) is 42.5 Å². The summed E-state index contributed by atoms with van der Waals surface area (Å²) in [5, 5.41) is 2.61. The van der Waals surface area contributed by atoms with E-state index in [0.717, 1.165) is 19.6 Å². The summed E-state index contributed by atoms with van der Waals surface area (Å²) in [6, 6.07) is 15.0. The molecule has 0 spiro atoms. The molecule has 0 atom stereocenters. The van der Waals surface area contributed by atoms with Crippen LogP contribution in [0.1, 0.15) is 6.42 Å². The van der Waals surface area contributed by atoms with Gasteiger partial charge in [0.05, 0.1) is 0 Å². The van der Waals surface area contributed by atoms with Crippen molar-refractivity contribution in [2.24, 2.45) is 0 Å². The second kappa shape index (κ2) is 5.69. The maximum atomic E-state index is 5.09. The lowest BCUT2D eigenvalue weighted by atomic mass is 10.1. The van der Waals surface area contributed by atoms with E-state index in [1.54, 1.807) is 7.11 Å². The van der Waals surface area contributed by atoms with E-state index in [1.807, 2.05) is 0 Å². The molecule has 2 nitrogen and oxygen atoms in total. The van der Waals surface area contributed by atoms with Crippen LogP contribution >= 0.6 is 0 Å². The predicted octanol–water partition coefficient (Wildman–Crippen LogP) is 3.31. The number of nitrogens with zero attached hydrogens (tertiary/aromatic N) is 1. The normalized spacial score (nSPS) is 10.7. The van der Waals surface area contributed by atoms with Gasteiger partial charge in [0, 0.05) is 38.4 Å². The van der Waals surface area contributed by atoms with Gasteiger partial charge < -0.3 is 9.64 Å². The van der Waals surface area contributed by atoms with Gasteiger partial charge in [-0.15, -0.1) is 0 Å². The van der Waals surface area contributed by atoms with Gasteiger partial charge in [-0.3, -0.25) is 0 Å². The molecule has 0 aromatic heterocycles. The summed E-state index contributed by atoms with van der Waals surface area (Å²) in [5.41, 5.74) is 1.29. The van der Waals surface area contributed by atoms with Gasteiger partial charge in [0.25, 0.3) is 0 Å². The molecule has 0 unspecified atom stereocenters. The van der Waals surface area contributed by atoms with Gasteiger partial charge in [-0.25, -0.2) is 0 Å². The van der Waals surface area contributed by atoms with Crippen molar-refractivity contribution in [1.82, 2.24) is 0 Å². The number of hydrogen-bond acceptors (Lipinski definition) is 2. The van der Waals surface area contributed by atoms with Gasteiger partial charge >= 0.3 is 0 Å². The highest BCUT2D eigenvalue weighted by atomic mass is 16.5. The molecular formula is C15H19NO. The van der Waals surface area contributed by atoms with Crippen molar-refractivity contribution < 1.29 is 4.74 Å². The summed E-state index contributed by atoms with van der Waals surface area (Å²) >= 11 is 0. The van der Waals surface area contributed by atoms with Crippen molar-refractivity contribution in [2.75, 3.05) is 32.2 Å². The third kappa shape index (κ3) is 2.77. The van der Waals surface area contributed by atoms with Crippen LogP contribution in [0.5, 0.6) is 0 Å². The zero-order valence-electron chi connectivity index (χ0n) is 10.5. The number of anilines is 1. The third-order valence-electron chi connectivity index (χ3n) is 3.02. The molecule has 90 valence electrons. The Labute approximate surface area is 103 Å². The minimum Gasteiger partial charge on any atom is -0.385 e. The van der Waals surface area contributed by atoms with Gasteiger partial charge in [-0.05, 0) is 17.9 Å². The van der Waals surface area contributed by atoms with Crippen molar-refractivity contribution in [3.8, 4) is 0 Å². The molecule has 17 heavy (non-hydrogen) atoms. The average molecular weight is 229 g/mol. The Morgan fingerprint density at radius 3 is 2.65 bits per heavy atom. The molecule has 2 aromatic carbocycles. The number of ether oxygens (including phenoxy) is 1. The topological polar surface area (TPSA) is 12.5 Å². The fraction of sp³-hybridized carbons (Fsp3) is 0.333. The van der Waals surface area contributed by atoms with Crippen LogP contribution in [-0.4, -0.2) is 27.3 Å². The highest BCUT2D eigenvalue weighted by Gasteiger charge is 2.04. The summed E-state index contributed by atoms with van der Waals surface area (Å²) < 4.78 is 5.09. The molecule has 0 N–H and O–H groups in total. The van der Waals surface area contributed by atoms with Crippen LogP contribution in [0.25, 0.3) is 10.8 Å². The zero-order valence-corrected chi connectivity index (χ0v) is 10.5.